The third-order valence-electron chi connectivity index (χ3n) is 2.94. The molecule has 96 valence electrons. The van der Waals surface area contributed by atoms with E-state index in [0.29, 0.717) is 0 Å². The van der Waals surface area contributed by atoms with Crippen molar-refractivity contribution in [2.75, 3.05) is 19.0 Å². The van der Waals surface area contributed by atoms with E-state index >= 15 is 0 Å². The molecule has 0 spiro atoms. The van der Waals surface area contributed by atoms with Gasteiger partial charge in [-0.1, -0.05) is 12.1 Å². The zero-order valence-electron chi connectivity index (χ0n) is 10.7. The van der Waals surface area contributed by atoms with Crippen LogP contribution in [0.1, 0.15) is 0 Å². The molecule has 0 bridgehead atoms. The second-order valence-electron chi connectivity index (χ2n) is 4.55. The van der Waals surface area contributed by atoms with Crippen LogP contribution in [0.15, 0.2) is 47.2 Å². The lowest BCUT2D eigenvalue weighted by Crippen LogP contribution is -2.08. The lowest BCUT2D eigenvalue weighted by atomic mass is 10.1. The predicted octanol–water partition coefficient (Wildman–Crippen LogP) is 3.22. The van der Waals surface area contributed by atoms with E-state index in [9.17, 15) is 0 Å². The van der Waals surface area contributed by atoms with Crippen molar-refractivity contribution in [2.24, 2.45) is 0 Å². The van der Waals surface area contributed by atoms with E-state index in [2.05, 4.69) is 49.1 Å². The van der Waals surface area contributed by atoms with Crippen molar-refractivity contribution in [3.8, 4) is 11.3 Å². The molecule has 3 aromatic rings. The monoisotopic (exact) mass is 316 g/mol. The molecule has 2 heterocycles. The first-order valence-electron chi connectivity index (χ1n) is 5.92. The molecule has 0 atom stereocenters. The maximum Gasteiger partial charge on any atom is 0.155 e. The largest absolute Gasteiger partial charge is 0.378 e. The Balaban J connectivity index is 2.11. The maximum atomic E-state index is 4.55. The van der Waals surface area contributed by atoms with E-state index in [-0.39, 0.29) is 0 Å². The van der Waals surface area contributed by atoms with Crippen LogP contribution in [0.2, 0.25) is 0 Å². The summed E-state index contributed by atoms with van der Waals surface area (Å²) < 4.78 is 2.69. The van der Waals surface area contributed by atoms with E-state index in [1.165, 1.54) is 0 Å². The molecule has 0 saturated heterocycles. The van der Waals surface area contributed by atoms with Crippen molar-refractivity contribution in [2.45, 2.75) is 0 Å². The van der Waals surface area contributed by atoms with E-state index < -0.39 is 0 Å². The normalized spacial score (nSPS) is 10.9. The quantitative estimate of drug-likeness (QED) is 0.728. The van der Waals surface area contributed by atoms with Gasteiger partial charge in [0.25, 0.3) is 0 Å². The average molecular weight is 317 g/mol. The van der Waals surface area contributed by atoms with Crippen LogP contribution in [0.25, 0.3) is 16.9 Å². The Hall–Kier alpha value is -1.88. The highest BCUT2D eigenvalue weighted by molar-refractivity contribution is 9.10. The number of rotatable bonds is 2. The number of fused-ring (bicyclic) bond motifs is 1. The Morgan fingerprint density at radius 3 is 2.84 bits per heavy atom. The molecule has 19 heavy (non-hydrogen) atoms. The van der Waals surface area contributed by atoms with Gasteiger partial charge in [0.2, 0.25) is 0 Å². The average Bonchev–Trinajstić information content (AvgIpc) is 2.81. The predicted molar refractivity (Wildman–Crippen MR) is 80.5 cm³/mol. The molecular weight excluding hydrogens is 304 g/mol. The standard InChI is InChI=1S/C14H13BrN4/c1-18(2)12-5-3-4-10(6-12)13-7-14-16-8-11(15)9-19(14)17-13/h3-9H,1-2H3. The molecular formula is C14H13BrN4. The Labute approximate surface area is 119 Å². The number of aromatic nitrogens is 3. The molecule has 0 unspecified atom stereocenters. The third-order valence-corrected chi connectivity index (χ3v) is 3.35. The highest BCUT2D eigenvalue weighted by Crippen LogP contribution is 2.23. The molecule has 5 heteroatoms. The molecule has 3 rings (SSSR count). The van der Waals surface area contributed by atoms with Crippen molar-refractivity contribution < 1.29 is 0 Å². The summed E-state index contributed by atoms with van der Waals surface area (Å²) in [5.74, 6) is 0. The van der Waals surface area contributed by atoms with Crippen LogP contribution in [0.4, 0.5) is 5.69 Å². The topological polar surface area (TPSA) is 33.4 Å². The summed E-state index contributed by atoms with van der Waals surface area (Å²) in [6.07, 6.45) is 3.68. The summed E-state index contributed by atoms with van der Waals surface area (Å²) in [5, 5.41) is 4.55. The molecule has 0 radical (unpaired) electrons. The summed E-state index contributed by atoms with van der Waals surface area (Å²) in [6, 6.07) is 10.3. The highest BCUT2D eigenvalue weighted by atomic mass is 79.9. The van der Waals surface area contributed by atoms with Crippen LogP contribution < -0.4 is 4.90 Å². The van der Waals surface area contributed by atoms with Crippen LogP contribution in [-0.2, 0) is 0 Å². The first kappa shape index (κ1) is 12.2. The van der Waals surface area contributed by atoms with Gasteiger partial charge in [-0.25, -0.2) is 9.50 Å². The number of hydrogen-bond acceptors (Lipinski definition) is 3. The second kappa shape index (κ2) is 4.66. The Bertz CT molecular complexity index is 733. The third kappa shape index (κ3) is 2.33. The van der Waals surface area contributed by atoms with Gasteiger partial charge in [0.15, 0.2) is 5.65 Å². The number of anilines is 1. The van der Waals surface area contributed by atoms with Gasteiger partial charge >= 0.3 is 0 Å². The van der Waals surface area contributed by atoms with E-state index in [4.69, 9.17) is 0 Å². The van der Waals surface area contributed by atoms with Crippen molar-refractivity contribution >= 4 is 27.3 Å². The number of benzene rings is 1. The van der Waals surface area contributed by atoms with Crippen molar-refractivity contribution in [1.82, 2.24) is 14.6 Å². The van der Waals surface area contributed by atoms with Gasteiger partial charge in [0.1, 0.15) is 0 Å². The van der Waals surface area contributed by atoms with Crippen molar-refractivity contribution in [1.29, 1.82) is 0 Å². The van der Waals surface area contributed by atoms with Gasteiger partial charge in [0.05, 0.1) is 10.2 Å². The van der Waals surface area contributed by atoms with E-state index in [1.54, 1.807) is 10.7 Å². The first-order chi connectivity index (χ1) is 9.13. The molecule has 2 aromatic heterocycles. The minimum absolute atomic E-state index is 0.841. The molecule has 0 aliphatic carbocycles. The van der Waals surface area contributed by atoms with Crippen LogP contribution in [-0.4, -0.2) is 28.7 Å². The minimum atomic E-state index is 0.841. The van der Waals surface area contributed by atoms with Gasteiger partial charge in [-0.2, -0.15) is 5.10 Å². The molecule has 0 saturated carbocycles. The van der Waals surface area contributed by atoms with Gasteiger partial charge < -0.3 is 4.90 Å². The Morgan fingerprint density at radius 2 is 2.05 bits per heavy atom. The minimum Gasteiger partial charge on any atom is -0.378 e. The molecule has 1 aromatic carbocycles. The summed E-state index contributed by atoms with van der Waals surface area (Å²) in [4.78, 5) is 6.41. The van der Waals surface area contributed by atoms with E-state index in [0.717, 1.165) is 27.1 Å². The zero-order chi connectivity index (χ0) is 13.4. The maximum absolute atomic E-state index is 4.55. The Kier molecular flexibility index (Phi) is 2.98. The van der Waals surface area contributed by atoms with Gasteiger partial charge in [0, 0.05) is 43.8 Å². The number of hydrogen-bond donors (Lipinski definition) is 0. The van der Waals surface area contributed by atoms with E-state index in [1.807, 2.05) is 32.4 Å². The molecule has 0 aliphatic rings. The lowest BCUT2D eigenvalue weighted by Gasteiger charge is -2.12. The van der Waals surface area contributed by atoms with Crippen molar-refractivity contribution in [3.63, 3.8) is 0 Å². The first-order valence-corrected chi connectivity index (χ1v) is 6.71. The van der Waals surface area contributed by atoms with Crippen molar-refractivity contribution in [3.05, 3.63) is 47.2 Å². The van der Waals surface area contributed by atoms with Gasteiger partial charge in [-0.3, -0.25) is 0 Å². The summed E-state index contributed by atoms with van der Waals surface area (Å²) in [7, 11) is 4.06. The lowest BCUT2D eigenvalue weighted by molar-refractivity contribution is 0.937. The van der Waals surface area contributed by atoms with Crippen LogP contribution in [0.3, 0.4) is 0 Å². The second-order valence-corrected chi connectivity index (χ2v) is 5.46. The van der Waals surface area contributed by atoms with Crippen LogP contribution in [0.5, 0.6) is 0 Å². The smallest absolute Gasteiger partial charge is 0.155 e. The SMILES string of the molecule is CN(C)c1cccc(-c2cc3ncc(Br)cn3n2)c1. The molecule has 0 fully saturated rings. The fourth-order valence-corrected chi connectivity index (χ4v) is 2.23. The van der Waals surface area contributed by atoms with Crippen LogP contribution >= 0.6 is 15.9 Å². The molecule has 4 nitrogen and oxygen atoms in total. The summed E-state index contributed by atoms with van der Waals surface area (Å²) in [5.41, 5.74) is 4.01. The number of halogens is 1. The van der Waals surface area contributed by atoms with Crippen LogP contribution in [0, 0.1) is 0 Å². The highest BCUT2D eigenvalue weighted by Gasteiger charge is 2.06. The number of nitrogens with zero attached hydrogens (tertiary/aromatic N) is 4. The Morgan fingerprint density at radius 1 is 1.21 bits per heavy atom. The molecule has 0 amide bonds. The zero-order valence-corrected chi connectivity index (χ0v) is 12.3. The molecule has 0 aliphatic heterocycles. The molecule has 0 N–H and O–H groups in total. The summed E-state index contributed by atoms with van der Waals surface area (Å²) in [6.45, 7) is 0. The fourth-order valence-electron chi connectivity index (χ4n) is 1.94. The summed E-state index contributed by atoms with van der Waals surface area (Å²) >= 11 is 3.40. The fraction of sp³-hybridized carbons (Fsp3) is 0.143. The van der Waals surface area contributed by atoms with Gasteiger partial charge in [-0.05, 0) is 28.1 Å². The van der Waals surface area contributed by atoms with Gasteiger partial charge in [-0.15, -0.1) is 0 Å².